The van der Waals surface area contributed by atoms with Crippen LogP contribution in [0.1, 0.15) is 16.1 Å². The number of carboxylic acid groups (broad SMARTS) is 1. The molecule has 5 nitrogen and oxygen atoms in total. The van der Waals surface area contributed by atoms with Crippen LogP contribution in [0.4, 0.5) is 0 Å². The molecular weight excluding hydrogens is 316 g/mol. The van der Waals surface area contributed by atoms with E-state index in [1.165, 1.54) is 13.2 Å². The Bertz CT molecular complexity index is 1010. The Morgan fingerprint density at radius 1 is 1.30 bits per heavy atom. The number of carbonyl (C=O) groups is 1. The van der Waals surface area contributed by atoms with E-state index in [1.54, 1.807) is 30.3 Å². The molecule has 0 bridgehead atoms. The van der Waals surface area contributed by atoms with Gasteiger partial charge in [-0.1, -0.05) is 23.7 Å². The molecule has 1 aromatic carbocycles. The van der Waals surface area contributed by atoms with Gasteiger partial charge in [0.05, 0.1) is 0 Å². The average Bonchev–Trinajstić information content (AvgIpc) is 2.51. The second-order valence-corrected chi connectivity index (χ2v) is 5.69. The van der Waals surface area contributed by atoms with Crippen molar-refractivity contribution in [1.82, 2.24) is 9.55 Å². The first-order valence-electron chi connectivity index (χ1n) is 6.89. The minimum absolute atomic E-state index is 0.0686. The minimum atomic E-state index is -1.17. The third-order valence-electron chi connectivity index (χ3n) is 3.82. The highest BCUT2D eigenvalue weighted by molar-refractivity contribution is 6.30. The Morgan fingerprint density at radius 2 is 2.04 bits per heavy atom. The van der Waals surface area contributed by atoms with Crippen LogP contribution in [-0.2, 0) is 7.05 Å². The number of aromatic carboxylic acids is 1. The van der Waals surface area contributed by atoms with E-state index in [0.717, 1.165) is 10.1 Å². The molecule has 0 aliphatic rings. The number of benzene rings is 1. The summed E-state index contributed by atoms with van der Waals surface area (Å²) in [5, 5.41) is 10.7. The molecule has 0 saturated carbocycles. The molecule has 0 aliphatic heterocycles. The topological polar surface area (TPSA) is 72.2 Å². The Morgan fingerprint density at radius 3 is 2.70 bits per heavy atom. The van der Waals surface area contributed by atoms with Gasteiger partial charge >= 0.3 is 5.97 Å². The SMILES string of the molecule is Cc1cc(Cl)ccc1-c1c(C(=O)O)n(C)c(=O)c2ncccc12. The second-order valence-electron chi connectivity index (χ2n) is 5.25. The molecule has 0 saturated heterocycles. The van der Waals surface area contributed by atoms with Gasteiger partial charge in [0.15, 0.2) is 0 Å². The lowest BCUT2D eigenvalue weighted by atomic mass is 9.95. The van der Waals surface area contributed by atoms with Crippen molar-refractivity contribution in [3.05, 3.63) is 63.2 Å². The van der Waals surface area contributed by atoms with Gasteiger partial charge in [-0.3, -0.25) is 9.78 Å². The summed E-state index contributed by atoms with van der Waals surface area (Å²) in [6.07, 6.45) is 1.52. The van der Waals surface area contributed by atoms with Crippen molar-refractivity contribution in [3.8, 4) is 11.1 Å². The number of halogens is 1. The molecule has 0 fully saturated rings. The first kappa shape index (κ1) is 15.2. The fraction of sp³-hybridized carbons (Fsp3) is 0.118. The second kappa shape index (κ2) is 5.52. The summed E-state index contributed by atoms with van der Waals surface area (Å²) >= 11 is 6.00. The predicted molar refractivity (Wildman–Crippen MR) is 89.1 cm³/mol. The van der Waals surface area contributed by atoms with Crippen molar-refractivity contribution in [1.29, 1.82) is 0 Å². The number of aryl methyl sites for hydroxylation is 1. The van der Waals surface area contributed by atoms with Crippen LogP contribution in [0.15, 0.2) is 41.3 Å². The Labute approximate surface area is 136 Å². The lowest BCUT2D eigenvalue weighted by molar-refractivity contribution is 0.0686. The number of nitrogens with zero attached hydrogens (tertiary/aromatic N) is 2. The van der Waals surface area contributed by atoms with Crippen LogP contribution in [0.3, 0.4) is 0 Å². The van der Waals surface area contributed by atoms with Gasteiger partial charge in [-0.25, -0.2) is 4.79 Å². The maximum atomic E-state index is 12.4. The van der Waals surface area contributed by atoms with Crippen LogP contribution in [0.2, 0.25) is 5.02 Å². The van der Waals surface area contributed by atoms with Gasteiger partial charge in [0, 0.05) is 29.2 Å². The van der Waals surface area contributed by atoms with Gasteiger partial charge in [0.2, 0.25) is 0 Å². The van der Waals surface area contributed by atoms with E-state index in [1.807, 2.05) is 6.92 Å². The molecule has 6 heteroatoms. The smallest absolute Gasteiger partial charge is 0.353 e. The first-order chi connectivity index (χ1) is 10.9. The molecule has 0 spiro atoms. The number of aromatic nitrogens is 2. The summed E-state index contributed by atoms with van der Waals surface area (Å²) in [6, 6.07) is 8.61. The largest absolute Gasteiger partial charge is 0.477 e. The Balaban J connectivity index is 2.57. The van der Waals surface area contributed by atoms with Crippen molar-refractivity contribution in [2.24, 2.45) is 7.05 Å². The fourth-order valence-corrected chi connectivity index (χ4v) is 2.99. The monoisotopic (exact) mass is 328 g/mol. The zero-order valence-corrected chi connectivity index (χ0v) is 13.3. The molecule has 0 atom stereocenters. The molecule has 23 heavy (non-hydrogen) atoms. The van der Waals surface area contributed by atoms with Gasteiger partial charge in [-0.05, 0) is 36.2 Å². The zero-order valence-electron chi connectivity index (χ0n) is 12.5. The van der Waals surface area contributed by atoms with Crippen LogP contribution < -0.4 is 5.56 Å². The van der Waals surface area contributed by atoms with Crippen LogP contribution in [0.25, 0.3) is 22.0 Å². The molecule has 0 unspecified atom stereocenters. The predicted octanol–water partition coefficient (Wildman–Crippen LogP) is 3.26. The third-order valence-corrected chi connectivity index (χ3v) is 4.05. The van der Waals surface area contributed by atoms with Crippen molar-refractivity contribution in [2.75, 3.05) is 0 Å². The summed E-state index contributed by atoms with van der Waals surface area (Å²) in [7, 11) is 1.44. The van der Waals surface area contributed by atoms with E-state index < -0.39 is 11.5 Å². The number of fused-ring (bicyclic) bond motifs is 1. The van der Waals surface area contributed by atoms with Crippen LogP contribution in [0, 0.1) is 6.92 Å². The summed E-state index contributed by atoms with van der Waals surface area (Å²) in [4.78, 5) is 28.3. The van der Waals surface area contributed by atoms with Crippen LogP contribution >= 0.6 is 11.6 Å². The van der Waals surface area contributed by atoms with Crippen LogP contribution in [-0.4, -0.2) is 20.6 Å². The van der Waals surface area contributed by atoms with Crippen molar-refractivity contribution in [3.63, 3.8) is 0 Å². The average molecular weight is 329 g/mol. The molecule has 1 N–H and O–H groups in total. The Kier molecular flexibility index (Phi) is 3.66. The van der Waals surface area contributed by atoms with E-state index in [9.17, 15) is 14.7 Å². The van der Waals surface area contributed by atoms with Crippen LogP contribution in [0.5, 0.6) is 0 Å². The molecule has 3 rings (SSSR count). The van der Waals surface area contributed by atoms with Gasteiger partial charge < -0.3 is 9.67 Å². The molecule has 0 amide bonds. The fourth-order valence-electron chi connectivity index (χ4n) is 2.76. The maximum absolute atomic E-state index is 12.4. The summed E-state index contributed by atoms with van der Waals surface area (Å²) in [5.74, 6) is -1.17. The molecular formula is C17H13ClN2O3. The minimum Gasteiger partial charge on any atom is -0.477 e. The maximum Gasteiger partial charge on any atom is 0.353 e. The van der Waals surface area contributed by atoms with E-state index in [4.69, 9.17) is 11.6 Å². The summed E-state index contributed by atoms with van der Waals surface area (Å²) in [6.45, 7) is 1.85. The highest BCUT2D eigenvalue weighted by Gasteiger charge is 2.22. The summed E-state index contributed by atoms with van der Waals surface area (Å²) in [5.41, 5.74) is 1.74. The number of pyridine rings is 2. The lowest BCUT2D eigenvalue weighted by Gasteiger charge is -2.15. The van der Waals surface area contributed by atoms with Gasteiger partial charge in [0.1, 0.15) is 11.2 Å². The number of carboxylic acids is 1. The zero-order chi connectivity index (χ0) is 16.7. The first-order valence-corrected chi connectivity index (χ1v) is 7.27. The normalized spacial score (nSPS) is 10.9. The highest BCUT2D eigenvalue weighted by Crippen LogP contribution is 2.33. The number of hydrogen-bond donors (Lipinski definition) is 1. The van der Waals surface area contributed by atoms with Crippen molar-refractivity contribution >= 4 is 28.5 Å². The molecule has 3 aromatic rings. The van der Waals surface area contributed by atoms with E-state index >= 15 is 0 Å². The van der Waals surface area contributed by atoms with E-state index in [-0.39, 0.29) is 11.2 Å². The molecule has 116 valence electrons. The van der Waals surface area contributed by atoms with Gasteiger partial charge in [-0.2, -0.15) is 0 Å². The quantitative estimate of drug-likeness (QED) is 0.783. The molecule has 2 heterocycles. The molecule has 0 radical (unpaired) electrons. The number of rotatable bonds is 2. The van der Waals surface area contributed by atoms with Crippen molar-refractivity contribution < 1.29 is 9.90 Å². The molecule has 0 aliphatic carbocycles. The number of hydrogen-bond acceptors (Lipinski definition) is 3. The van der Waals surface area contributed by atoms with Crippen molar-refractivity contribution in [2.45, 2.75) is 6.92 Å². The van der Waals surface area contributed by atoms with E-state index in [0.29, 0.717) is 21.5 Å². The van der Waals surface area contributed by atoms with E-state index in [2.05, 4.69) is 4.98 Å². The molecule has 2 aromatic heterocycles. The van der Waals surface area contributed by atoms with Gasteiger partial charge in [-0.15, -0.1) is 0 Å². The van der Waals surface area contributed by atoms with Gasteiger partial charge in [0.25, 0.3) is 5.56 Å². The lowest BCUT2D eigenvalue weighted by Crippen LogP contribution is -2.25. The Hall–Kier alpha value is -2.66. The standard InChI is InChI=1S/C17H13ClN2O3/c1-9-8-10(18)5-6-11(9)13-12-4-3-7-19-14(12)16(21)20(2)15(13)17(22)23/h3-8H,1-2H3,(H,22,23). The third kappa shape index (κ3) is 2.39. The summed E-state index contributed by atoms with van der Waals surface area (Å²) < 4.78 is 1.13. The highest BCUT2D eigenvalue weighted by atomic mass is 35.5.